The molecule has 0 radical (unpaired) electrons. The van der Waals surface area contributed by atoms with Crippen LogP contribution in [0.3, 0.4) is 0 Å². The molecule has 0 aromatic carbocycles. The van der Waals surface area contributed by atoms with Crippen molar-refractivity contribution in [2.24, 2.45) is 5.92 Å². The smallest absolute Gasteiger partial charge is 0.306 e. The maximum atomic E-state index is 11.0. The van der Waals surface area contributed by atoms with Gasteiger partial charge in [0.15, 0.2) is 0 Å². The van der Waals surface area contributed by atoms with Gasteiger partial charge in [0.2, 0.25) is 0 Å². The van der Waals surface area contributed by atoms with Gasteiger partial charge in [-0.15, -0.1) is 0 Å². The van der Waals surface area contributed by atoms with Gasteiger partial charge in [-0.25, -0.2) is 0 Å². The summed E-state index contributed by atoms with van der Waals surface area (Å²) in [5.74, 6) is 0.352. The fourth-order valence-electron chi connectivity index (χ4n) is 1.87. The summed E-state index contributed by atoms with van der Waals surface area (Å²) in [6.45, 7) is 4.30. The summed E-state index contributed by atoms with van der Waals surface area (Å²) in [6, 6.07) is 0. The number of hydrogen-bond acceptors (Lipinski definition) is 2. The van der Waals surface area contributed by atoms with E-state index in [0.29, 0.717) is 12.3 Å². The lowest BCUT2D eigenvalue weighted by atomic mass is 10.0. The Morgan fingerprint density at radius 3 is 2.80 bits per heavy atom. The molecule has 15 heavy (non-hydrogen) atoms. The Labute approximate surface area is 92.7 Å². The third-order valence-electron chi connectivity index (χ3n) is 2.92. The predicted octanol–water partition coefficient (Wildman–Crippen LogP) is 3.46. The van der Waals surface area contributed by atoms with Crippen LogP contribution in [0, 0.1) is 5.92 Å². The Bertz CT molecular complexity index is 221. The number of allylic oxidation sites excluding steroid dienone is 1. The van der Waals surface area contributed by atoms with Crippen LogP contribution >= 0.6 is 0 Å². The maximum Gasteiger partial charge on any atom is 0.306 e. The average Bonchev–Trinajstić information content (AvgIpc) is 2.51. The second kappa shape index (κ2) is 6.65. The fraction of sp³-hybridized carbons (Fsp3) is 0.769. The Balaban J connectivity index is 2.11. The normalized spacial score (nSPS) is 26.1. The Morgan fingerprint density at radius 2 is 2.20 bits per heavy atom. The highest BCUT2D eigenvalue weighted by molar-refractivity contribution is 5.72. The highest BCUT2D eigenvalue weighted by Gasteiger charge is 2.29. The number of carbonyl (C=O) groups excluding carboxylic acids is 1. The minimum Gasteiger partial charge on any atom is -0.462 e. The number of hydrogen-bond donors (Lipinski definition) is 0. The van der Waals surface area contributed by atoms with Crippen molar-refractivity contribution in [2.45, 2.75) is 58.5 Å². The molecule has 1 aliphatic rings. The fourth-order valence-corrected chi connectivity index (χ4v) is 1.87. The van der Waals surface area contributed by atoms with Crippen LogP contribution in [0.25, 0.3) is 0 Å². The number of cyclic esters (lactones) is 1. The van der Waals surface area contributed by atoms with E-state index in [1.54, 1.807) is 0 Å². The van der Waals surface area contributed by atoms with Crippen LogP contribution in [0.1, 0.15) is 52.4 Å². The van der Waals surface area contributed by atoms with Gasteiger partial charge in [-0.05, 0) is 12.8 Å². The number of rotatable bonds is 6. The molecular formula is C13H22O2. The molecule has 0 bridgehead atoms. The average molecular weight is 210 g/mol. The minimum atomic E-state index is -0.0353. The van der Waals surface area contributed by atoms with Crippen LogP contribution in [-0.2, 0) is 9.53 Å². The van der Waals surface area contributed by atoms with Gasteiger partial charge in [-0.2, -0.15) is 0 Å². The first kappa shape index (κ1) is 12.3. The molecule has 0 spiro atoms. The zero-order chi connectivity index (χ0) is 11.1. The Kier molecular flexibility index (Phi) is 5.44. The molecule has 2 atom stereocenters. The van der Waals surface area contributed by atoms with Crippen molar-refractivity contribution in [1.29, 1.82) is 0 Å². The molecule has 0 aliphatic carbocycles. The molecule has 2 unspecified atom stereocenters. The van der Waals surface area contributed by atoms with Crippen LogP contribution in [-0.4, -0.2) is 12.1 Å². The van der Waals surface area contributed by atoms with Gasteiger partial charge < -0.3 is 4.74 Å². The van der Waals surface area contributed by atoms with Crippen molar-refractivity contribution >= 4 is 5.97 Å². The maximum absolute atomic E-state index is 11.0. The number of carbonyl (C=O) groups is 1. The van der Waals surface area contributed by atoms with E-state index in [-0.39, 0.29) is 12.1 Å². The van der Waals surface area contributed by atoms with Crippen molar-refractivity contribution in [3.63, 3.8) is 0 Å². The summed E-state index contributed by atoms with van der Waals surface area (Å²) >= 11 is 0. The first-order chi connectivity index (χ1) is 7.24. The summed E-state index contributed by atoms with van der Waals surface area (Å²) in [5, 5.41) is 0. The third-order valence-corrected chi connectivity index (χ3v) is 2.92. The molecule has 0 aromatic heterocycles. The number of ether oxygens (including phenoxy) is 1. The largest absolute Gasteiger partial charge is 0.462 e. The number of unbranched alkanes of at least 4 members (excludes halogenated alkanes) is 3. The van der Waals surface area contributed by atoms with Gasteiger partial charge in [0.1, 0.15) is 6.10 Å². The molecule has 0 aromatic rings. The first-order valence-electron chi connectivity index (χ1n) is 6.08. The summed E-state index contributed by atoms with van der Waals surface area (Å²) in [7, 11) is 0. The van der Waals surface area contributed by atoms with Crippen LogP contribution in [0.2, 0.25) is 0 Å². The highest BCUT2D eigenvalue weighted by atomic mass is 16.5. The van der Waals surface area contributed by atoms with E-state index >= 15 is 0 Å². The second-order valence-electron chi connectivity index (χ2n) is 4.41. The van der Waals surface area contributed by atoms with E-state index in [1.807, 2.05) is 0 Å². The monoisotopic (exact) mass is 210 g/mol. The summed E-state index contributed by atoms with van der Waals surface area (Å²) in [4.78, 5) is 11.0. The SMILES string of the molecule is CCCCCC=CCC1OC(=O)CC1C. The van der Waals surface area contributed by atoms with E-state index < -0.39 is 0 Å². The van der Waals surface area contributed by atoms with Crippen LogP contribution < -0.4 is 0 Å². The number of esters is 1. The van der Waals surface area contributed by atoms with E-state index in [9.17, 15) is 4.79 Å². The summed E-state index contributed by atoms with van der Waals surface area (Å²) in [5.41, 5.74) is 0. The molecule has 0 saturated carbocycles. The van der Waals surface area contributed by atoms with Gasteiger partial charge in [-0.1, -0.05) is 38.8 Å². The zero-order valence-electron chi connectivity index (χ0n) is 9.87. The van der Waals surface area contributed by atoms with Crippen LogP contribution in [0.15, 0.2) is 12.2 Å². The lowest BCUT2D eigenvalue weighted by molar-refractivity contribution is -0.141. The van der Waals surface area contributed by atoms with Gasteiger partial charge in [0.05, 0.1) is 6.42 Å². The van der Waals surface area contributed by atoms with Crippen molar-refractivity contribution in [3.8, 4) is 0 Å². The molecular weight excluding hydrogens is 188 g/mol. The van der Waals surface area contributed by atoms with E-state index in [4.69, 9.17) is 4.74 Å². The summed E-state index contributed by atoms with van der Waals surface area (Å²) in [6.07, 6.45) is 11.0. The molecule has 86 valence electrons. The molecule has 1 fully saturated rings. The van der Waals surface area contributed by atoms with E-state index in [1.165, 1.54) is 19.3 Å². The third kappa shape index (κ3) is 4.50. The lowest BCUT2D eigenvalue weighted by Crippen LogP contribution is -2.11. The molecule has 0 N–H and O–H groups in total. The zero-order valence-corrected chi connectivity index (χ0v) is 9.87. The van der Waals surface area contributed by atoms with Gasteiger partial charge in [-0.3, -0.25) is 4.79 Å². The highest BCUT2D eigenvalue weighted by Crippen LogP contribution is 2.24. The van der Waals surface area contributed by atoms with Crippen LogP contribution in [0.4, 0.5) is 0 Å². The Morgan fingerprint density at radius 1 is 1.40 bits per heavy atom. The van der Waals surface area contributed by atoms with Gasteiger partial charge in [0.25, 0.3) is 0 Å². The molecule has 0 amide bonds. The van der Waals surface area contributed by atoms with Crippen molar-refractivity contribution in [1.82, 2.24) is 0 Å². The second-order valence-corrected chi connectivity index (χ2v) is 4.41. The lowest BCUT2D eigenvalue weighted by Gasteiger charge is -2.10. The topological polar surface area (TPSA) is 26.3 Å². The van der Waals surface area contributed by atoms with Crippen LogP contribution in [0.5, 0.6) is 0 Å². The minimum absolute atomic E-state index is 0.0353. The van der Waals surface area contributed by atoms with Gasteiger partial charge >= 0.3 is 5.97 Å². The van der Waals surface area contributed by atoms with Crippen molar-refractivity contribution < 1.29 is 9.53 Å². The molecule has 1 saturated heterocycles. The molecule has 1 heterocycles. The molecule has 2 nitrogen and oxygen atoms in total. The standard InChI is InChI=1S/C13H22O2/c1-3-4-5-6-7-8-9-12-11(2)10-13(14)15-12/h7-8,11-12H,3-6,9-10H2,1-2H3. The van der Waals surface area contributed by atoms with E-state index in [2.05, 4.69) is 26.0 Å². The summed E-state index contributed by atoms with van der Waals surface area (Å²) < 4.78 is 5.21. The first-order valence-corrected chi connectivity index (χ1v) is 6.08. The predicted molar refractivity (Wildman–Crippen MR) is 61.6 cm³/mol. The Hall–Kier alpha value is -0.790. The van der Waals surface area contributed by atoms with Crippen molar-refractivity contribution in [3.05, 3.63) is 12.2 Å². The molecule has 1 rings (SSSR count). The van der Waals surface area contributed by atoms with E-state index in [0.717, 1.165) is 12.8 Å². The molecule has 2 heteroatoms. The van der Waals surface area contributed by atoms with Gasteiger partial charge in [0, 0.05) is 12.3 Å². The quantitative estimate of drug-likeness (QED) is 0.381. The molecule has 1 aliphatic heterocycles. The van der Waals surface area contributed by atoms with Crippen molar-refractivity contribution in [2.75, 3.05) is 0 Å².